The highest BCUT2D eigenvalue weighted by Gasteiger charge is 2.30. The molecule has 2 rings (SSSR count). The molecule has 0 fully saturated rings. The first-order valence-electron chi connectivity index (χ1n) is 5.71. The third-order valence-electron chi connectivity index (χ3n) is 3.19. The number of nitriles is 1. The molecule has 1 aromatic heterocycles. The highest BCUT2D eigenvalue weighted by molar-refractivity contribution is 5.27. The van der Waals surface area contributed by atoms with E-state index in [1.807, 2.05) is 13.8 Å². The lowest BCUT2D eigenvalue weighted by Crippen LogP contribution is -2.23. The molecule has 0 aliphatic carbocycles. The molecule has 1 aliphatic rings. The molecular formula is C12H17N3O. The van der Waals surface area contributed by atoms with E-state index in [-0.39, 0.29) is 6.61 Å². The van der Waals surface area contributed by atoms with Gasteiger partial charge in [-0.1, -0.05) is 0 Å². The number of fused-ring (bicyclic) bond motifs is 1. The largest absolute Gasteiger partial charge is 0.390 e. The van der Waals surface area contributed by atoms with Gasteiger partial charge in [-0.15, -0.1) is 0 Å². The molecule has 4 nitrogen and oxygen atoms in total. The molecule has 0 saturated heterocycles. The van der Waals surface area contributed by atoms with Gasteiger partial charge in [0.25, 0.3) is 0 Å². The van der Waals surface area contributed by atoms with Gasteiger partial charge >= 0.3 is 0 Å². The minimum atomic E-state index is -0.584. The van der Waals surface area contributed by atoms with Gasteiger partial charge in [-0.2, -0.15) is 5.26 Å². The first kappa shape index (κ1) is 11.2. The summed E-state index contributed by atoms with van der Waals surface area (Å²) in [7, 11) is 0. The maximum Gasteiger partial charge on any atom is 0.129 e. The van der Waals surface area contributed by atoms with E-state index in [1.165, 1.54) is 0 Å². The molecule has 0 atom stereocenters. The standard InChI is InChI=1S/C12H17N3O/c1-12(2,8-13)11-14-9(7-16)10-5-3-4-6-15(10)11/h16H,3-7H2,1-2H3. The Bertz CT molecular complexity index is 440. The van der Waals surface area contributed by atoms with E-state index in [1.54, 1.807) is 0 Å². The third-order valence-corrected chi connectivity index (χ3v) is 3.19. The zero-order chi connectivity index (χ0) is 11.8. The maximum atomic E-state index is 9.29. The Kier molecular flexibility index (Phi) is 2.73. The van der Waals surface area contributed by atoms with Crippen molar-refractivity contribution in [3.05, 3.63) is 17.2 Å². The van der Waals surface area contributed by atoms with E-state index in [9.17, 15) is 5.11 Å². The SMILES string of the molecule is CC(C)(C#N)c1nc(CO)c2n1CCCC2. The molecule has 0 spiro atoms. The molecule has 1 aliphatic heterocycles. The second-order valence-electron chi connectivity index (χ2n) is 4.83. The highest BCUT2D eigenvalue weighted by Crippen LogP contribution is 2.28. The van der Waals surface area contributed by atoms with Crippen LogP contribution in [0.3, 0.4) is 0 Å². The van der Waals surface area contributed by atoms with Gasteiger partial charge in [0.05, 0.1) is 18.4 Å². The molecule has 0 radical (unpaired) electrons. The summed E-state index contributed by atoms with van der Waals surface area (Å²) >= 11 is 0. The summed E-state index contributed by atoms with van der Waals surface area (Å²) in [5, 5.41) is 18.5. The van der Waals surface area contributed by atoms with Crippen LogP contribution in [-0.2, 0) is 25.0 Å². The smallest absolute Gasteiger partial charge is 0.129 e. The van der Waals surface area contributed by atoms with Crippen molar-refractivity contribution < 1.29 is 5.11 Å². The topological polar surface area (TPSA) is 61.8 Å². The normalized spacial score (nSPS) is 15.6. The number of imidazole rings is 1. The van der Waals surface area contributed by atoms with Crippen LogP contribution >= 0.6 is 0 Å². The lowest BCUT2D eigenvalue weighted by molar-refractivity contribution is 0.275. The molecule has 0 unspecified atom stereocenters. The van der Waals surface area contributed by atoms with Gasteiger partial charge in [0, 0.05) is 12.2 Å². The fourth-order valence-corrected chi connectivity index (χ4v) is 2.27. The zero-order valence-electron chi connectivity index (χ0n) is 9.82. The van der Waals surface area contributed by atoms with Crippen LogP contribution in [0, 0.1) is 11.3 Å². The van der Waals surface area contributed by atoms with Crippen LogP contribution in [0.1, 0.15) is 43.9 Å². The molecule has 2 heterocycles. The Morgan fingerprint density at radius 3 is 2.88 bits per heavy atom. The molecule has 1 N–H and O–H groups in total. The van der Waals surface area contributed by atoms with Crippen molar-refractivity contribution in [3.8, 4) is 6.07 Å². The Labute approximate surface area is 95.5 Å². The summed E-state index contributed by atoms with van der Waals surface area (Å²) in [5.74, 6) is 0.800. The summed E-state index contributed by atoms with van der Waals surface area (Å²) in [6, 6.07) is 2.28. The van der Waals surface area contributed by atoms with E-state index >= 15 is 0 Å². The van der Waals surface area contributed by atoms with Gasteiger partial charge in [0.15, 0.2) is 0 Å². The van der Waals surface area contributed by atoms with Crippen molar-refractivity contribution in [3.63, 3.8) is 0 Å². The average molecular weight is 219 g/mol. The summed E-state index contributed by atoms with van der Waals surface area (Å²) in [5.41, 5.74) is 1.28. The molecular weight excluding hydrogens is 202 g/mol. The Morgan fingerprint density at radius 2 is 2.25 bits per heavy atom. The predicted octanol–water partition coefficient (Wildman–Crippen LogP) is 1.51. The maximum absolute atomic E-state index is 9.29. The fraction of sp³-hybridized carbons (Fsp3) is 0.667. The van der Waals surface area contributed by atoms with Crippen molar-refractivity contribution >= 4 is 0 Å². The van der Waals surface area contributed by atoms with E-state index in [2.05, 4.69) is 15.6 Å². The minimum absolute atomic E-state index is 0.0309. The predicted molar refractivity (Wildman–Crippen MR) is 59.7 cm³/mol. The first-order chi connectivity index (χ1) is 7.60. The van der Waals surface area contributed by atoms with Gasteiger partial charge in [-0.05, 0) is 33.1 Å². The number of aromatic nitrogens is 2. The number of hydrogen-bond acceptors (Lipinski definition) is 3. The molecule has 16 heavy (non-hydrogen) atoms. The van der Waals surface area contributed by atoms with Gasteiger partial charge < -0.3 is 9.67 Å². The van der Waals surface area contributed by atoms with Gasteiger partial charge in [0.2, 0.25) is 0 Å². The number of rotatable bonds is 2. The molecule has 0 amide bonds. The molecule has 4 heteroatoms. The number of aliphatic hydroxyl groups is 1. The van der Waals surface area contributed by atoms with Crippen molar-refractivity contribution in [2.45, 2.75) is 51.7 Å². The van der Waals surface area contributed by atoms with Crippen molar-refractivity contribution in [2.24, 2.45) is 0 Å². The molecule has 0 aromatic carbocycles. The molecule has 1 aromatic rings. The summed E-state index contributed by atoms with van der Waals surface area (Å²) < 4.78 is 2.12. The summed E-state index contributed by atoms with van der Waals surface area (Å²) in [6.07, 6.45) is 3.23. The van der Waals surface area contributed by atoms with Crippen molar-refractivity contribution in [1.29, 1.82) is 5.26 Å². The van der Waals surface area contributed by atoms with E-state index in [0.29, 0.717) is 0 Å². The minimum Gasteiger partial charge on any atom is -0.390 e. The highest BCUT2D eigenvalue weighted by atomic mass is 16.3. The van der Waals surface area contributed by atoms with Crippen LogP contribution < -0.4 is 0 Å². The van der Waals surface area contributed by atoms with Crippen LogP contribution in [0.15, 0.2) is 0 Å². The molecule has 0 saturated carbocycles. The summed E-state index contributed by atoms with van der Waals surface area (Å²) in [6.45, 7) is 4.64. The second-order valence-corrected chi connectivity index (χ2v) is 4.83. The van der Waals surface area contributed by atoms with E-state index in [4.69, 9.17) is 5.26 Å². The summed E-state index contributed by atoms with van der Waals surface area (Å²) in [4.78, 5) is 4.44. The third kappa shape index (κ3) is 1.61. The van der Waals surface area contributed by atoms with Crippen molar-refractivity contribution in [2.75, 3.05) is 0 Å². The average Bonchev–Trinajstić information content (AvgIpc) is 2.68. The quantitative estimate of drug-likeness (QED) is 0.820. The number of hydrogen-bond donors (Lipinski definition) is 1. The number of nitrogens with zero attached hydrogens (tertiary/aromatic N) is 3. The van der Waals surface area contributed by atoms with Crippen LogP contribution in [0.25, 0.3) is 0 Å². The van der Waals surface area contributed by atoms with E-state index in [0.717, 1.165) is 43.0 Å². The number of aliphatic hydroxyl groups excluding tert-OH is 1. The lowest BCUT2D eigenvalue weighted by Gasteiger charge is -2.21. The van der Waals surface area contributed by atoms with Gasteiger partial charge in [-0.3, -0.25) is 0 Å². The van der Waals surface area contributed by atoms with Crippen LogP contribution in [-0.4, -0.2) is 14.7 Å². The Morgan fingerprint density at radius 1 is 1.50 bits per heavy atom. The first-order valence-corrected chi connectivity index (χ1v) is 5.71. The lowest BCUT2D eigenvalue weighted by atomic mass is 9.94. The van der Waals surface area contributed by atoms with Gasteiger partial charge in [-0.25, -0.2) is 4.98 Å². The van der Waals surface area contributed by atoms with Gasteiger partial charge in [0.1, 0.15) is 11.2 Å². The van der Waals surface area contributed by atoms with Crippen molar-refractivity contribution in [1.82, 2.24) is 9.55 Å². The van der Waals surface area contributed by atoms with Crippen LogP contribution in [0.4, 0.5) is 0 Å². The van der Waals surface area contributed by atoms with Crippen LogP contribution in [0.2, 0.25) is 0 Å². The Hall–Kier alpha value is -1.34. The molecule has 86 valence electrons. The van der Waals surface area contributed by atoms with E-state index < -0.39 is 5.41 Å². The second kappa shape index (κ2) is 3.91. The fourth-order valence-electron chi connectivity index (χ4n) is 2.27. The van der Waals surface area contributed by atoms with Crippen LogP contribution in [0.5, 0.6) is 0 Å². The monoisotopic (exact) mass is 219 g/mol. The Balaban J connectivity index is 2.55. The molecule has 0 bridgehead atoms. The zero-order valence-corrected chi connectivity index (χ0v) is 9.82.